The van der Waals surface area contributed by atoms with Gasteiger partial charge in [-0.15, -0.1) is 0 Å². The van der Waals surface area contributed by atoms with Crippen molar-refractivity contribution in [1.29, 1.82) is 0 Å². The molecule has 0 spiro atoms. The van der Waals surface area contributed by atoms with E-state index in [1.165, 1.54) is 25.8 Å². The van der Waals surface area contributed by atoms with E-state index >= 15 is 0 Å². The predicted molar refractivity (Wildman–Crippen MR) is 80.1 cm³/mol. The Balaban J connectivity index is 2.20. The average Bonchev–Trinajstić information content (AvgIpc) is 2.63. The van der Waals surface area contributed by atoms with Crippen molar-refractivity contribution in [3.05, 3.63) is 0 Å². The van der Waals surface area contributed by atoms with Crippen LogP contribution in [0.3, 0.4) is 0 Å². The molecule has 0 amide bonds. The van der Waals surface area contributed by atoms with Gasteiger partial charge in [0.1, 0.15) is 0 Å². The molecule has 1 rings (SSSR count). The summed E-state index contributed by atoms with van der Waals surface area (Å²) in [6, 6.07) is 0.421. The molecular weight excluding hydrogens is 256 g/mol. The number of methoxy groups -OCH3 is 1. The molecule has 20 heavy (non-hydrogen) atoms. The number of carboxylic acids is 1. The Hall–Kier alpha value is -0.650. The van der Waals surface area contributed by atoms with Gasteiger partial charge in [-0.25, -0.2) is 0 Å². The van der Waals surface area contributed by atoms with Crippen LogP contribution in [0.4, 0.5) is 0 Å². The summed E-state index contributed by atoms with van der Waals surface area (Å²) in [6.07, 6.45) is 6.98. The Morgan fingerprint density at radius 1 is 1.30 bits per heavy atom. The summed E-state index contributed by atoms with van der Waals surface area (Å²) in [6.45, 7) is 4.43. The van der Waals surface area contributed by atoms with Crippen LogP contribution >= 0.6 is 0 Å². The summed E-state index contributed by atoms with van der Waals surface area (Å²) in [5, 5.41) is 8.86. The van der Waals surface area contributed by atoms with E-state index in [9.17, 15) is 4.79 Å². The van der Waals surface area contributed by atoms with E-state index in [-0.39, 0.29) is 6.54 Å². The van der Waals surface area contributed by atoms with Gasteiger partial charge in [0.15, 0.2) is 0 Å². The van der Waals surface area contributed by atoms with E-state index in [1.807, 2.05) is 11.9 Å². The van der Waals surface area contributed by atoms with E-state index in [4.69, 9.17) is 9.84 Å². The van der Waals surface area contributed by atoms with Crippen LogP contribution in [0.25, 0.3) is 0 Å². The topological polar surface area (TPSA) is 53.0 Å². The van der Waals surface area contributed by atoms with Crippen molar-refractivity contribution >= 4 is 5.97 Å². The Labute approximate surface area is 122 Å². The molecule has 0 bridgehead atoms. The van der Waals surface area contributed by atoms with Crippen LogP contribution in [-0.4, -0.2) is 73.9 Å². The van der Waals surface area contributed by atoms with Crippen molar-refractivity contribution in [2.45, 2.75) is 44.6 Å². The van der Waals surface area contributed by atoms with Crippen molar-refractivity contribution in [2.24, 2.45) is 0 Å². The van der Waals surface area contributed by atoms with Gasteiger partial charge in [0.25, 0.3) is 0 Å². The number of rotatable bonds is 9. The lowest BCUT2D eigenvalue weighted by Gasteiger charge is -2.25. The molecule has 118 valence electrons. The fourth-order valence-corrected chi connectivity index (χ4v) is 2.90. The van der Waals surface area contributed by atoms with Crippen LogP contribution in [0.5, 0.6) is 0 Å². The molecule has 0 aromatic heterocycles. The number of carbonyl (C=O) groups is 1. The van der Waals surface area contributed by atoms with Gasteiger partial charge in [0.2, 0.25) is 0 Å². The summed E-state index contributed by atoms with van der Waals surface area (Å²) in [5.41, 5.74) is 0. The van der Waals surface area contributed by atoms with Crippen molar-refractivity contribution in [2.75, 3.05) is 46.9 Å². The molecule has 0 saturated carbocycles. The third kappa shape index (κ3) is 7.22. The number of ether oxygens (including phenoxy) is 1. The first-order valence-corrected chi connectivity index (χ1v) is 7.77. The first kappa shape index (κ1) is 17.4. The Bertz CT molecular complexity index is 274. The minimum Gasteiger partial charge on any atom is -0.480 e. The fraction of sp³-hybridized carbons (Fsp3) is 0.933. The Morgan fingerprint density at radius 2 is 2.10 bits per heavy atom. The molecule has 1 unspecified atom stereocenters. The number of likely N-dealkylation sites (N-methyl/N-ethyl adjacent to an activating group) is 1. The lowest BCUT2D eigenvalue weighted by molar-refractivity contribution is -0.138. The lowest BCUT2D eigenvalue weighted by Crippen LogP contribution is -2.36. The number of unbranched alkanes of at least 4 members (excludes halogenated alkanes) is 2. The summed E-state index contributed by atoms with van der Waals surface area (Å²) in [7, 11) is 3.68. The zero-order valence-electron chi connectivity index (χ0n) is 13.0. The van der Waals surface area contributed by atoms with Crippen LogP contribution in [0, 0.1) is 0 Å². The molecule has 1 atom stereocenters. The van der Waals surface area contributed by atoms with E-state index in [1.54, 1.807) is 7.11 Å². The highest BCUT2D eigenvalue weighted by Crippen LogP contribution is 2.16. The zero-order chi connectivity index (χ0) is 14.8. The van der Waals surface area contributed by atoms with Gasteiger partial charge in [0.05, 0.1) is 6.54 Å². The van der Waals surface area contributed by atoms with Gasteiger partial charge in [-0.3, -0.25) is 9.69 Å². The highest BCUT2D eigenvalue weighted by atomic mass is 16.5. The molecule has 1 saturated heterocycles. The minimum absolute atomic E-state index is 0.154. The van der Waals surface area contributed by atoms with Crippen molar-refractivity contribution in [1.82, 2.24) is 9.80 Å². The Morgan fingerprint density at radius 3 is 2.80 bits per heavy atom. The maximum Gasteiger partial charge on any atom is 0.317 e. The number of carboxylic acid groups (broad SMARTS) is 1. The first-order valence-electron chi connectivity index (χ1n) is 7.77. The first-order chi connectivity index (χ1) is 9.63. The molecule has 1 fully saturated rings. The van der Waals surface area contributed by atoms with Gasteiger partial charge in [-0.2, -0.15) is 0 Å². The number of hydrogen-bond donors (Lipinski definition) is 1. The maximum absolute atomic E-state index is 10.8. The normalized spacial score (nSPS) is 21.1. The summed E-state index contributed by atoms with van der Waals surface area (Å²) < 4.78 is 5.06. The average molecular weight is 286 g/mol. The third-order valence-electron chi connectivity index (χ3n) is 4.12. The van der Waals surface area contributed by atoms with Crippen LogP contribution in [-0.2, 0) is 9.53 Å². The van der Waals surface area contributed by atoms with E-state index in [0.29, 0.717) is 6.04 Å². The van der Waals surface area contributed by atoms with E-state index < -0.39 is 5.97 Å². The molecule has 0 radical (unpaired) electrons. The number of likely N-dealkylation sites (tertiary alicyclic amines) is 1. The van der Waals surface area contributed by atoms with Crippen molar-refractivity contribution in [3.63, 3.8) is 0 Å². The molecule has 1 aliphatic rings. The van der Waals surface area contributed by atoms with E-state index in [0.717, 1.165) is 39.0 Å². The summed E-state index contributed by atoms with van der Waals surface area (Å²) in [4.78, 5) is 15.3. The highest BCUT2D eigenvalue weighted by molar-refractivity contribution is 5.69. The molecule has 0 aromatic carbocycles. The summed E-state index contributed by atoms with van der Waals surface area (Å²) in [5.74, 6) is -0.730. The number of hydrogen-bond acceptors (Lipinski definition) is 4. The quantitative estimate of drug-likeness (QED) is 0.654. The third-order valence-corrected chi connectivity index (χ3v) is 4.12. The second-order valence-electron chi connectivity index (χ2n) is 5.79. The molecule has 1 aliphatic heterocycles. The van der Waals surface area contributed by atoms with Crippen molar-refractivity contribution < 1.29 is 14.6 Å². The van der Waals surface area contributed by atoms with Crippen LogP contribution in [0.2, 0.25) is 0 Å². The SMILES string of the molecule is COCCCCCN1CCCC(N(C)CC(=O)O)CC1. The molecule has 5 nitrogen and oxygen atoms in total. The predicted octanol–water partition coefficient (Wildman–Crippen LogP) is 1.67. The standard InChI is InChI=1S/C15H30N2O3/c1-16(13-15(18)19)14-7-6-10-17(11-8-14)9-4-3-5-12-20-2/h14H,3-13H2,1-2H3,(H,18,19). The van der Waals surface area contributed by atoms with Gasteiger partial charge >= 0.3 is 5.97 Å². The second-order valence-corrected chi connectivity index (χ2v) is 5.79. The maximum atomic E-state index is 10.8. The van der Waals surface area contributed by atoms with Crippen LogP contribution < -0.4 is 0 Å². The molecule has 1 heterocycles. The number of aliphatic carboxylic acids is 1. The van der Waals surface area contributed by atoms with Gasteiger partial charge in [0, 0.05) is 19.8 Å². The fourth-order valence-electron chi connectivity index (χ4n) is 2.90. The van der Waals surface area contributed by atoms with Gasteiger partial charge in [-0.1, -0.05) is 0 Å². The molecule has 0 aliphatic carbocycles. The van der Waals surface area contributed by atoms with E-state index in [2.05, 4.69) is 4.90 Å². The Kier molecular flexibility index (Phi) is 8.82. The van der Waals surface area contributed by atoms with Gasteiger partial charge < -0.3 is 14.7 Å². The second kappa shape index (κ2) is 10.1. The monoisotopic (exact) mass is 286 g/mol. The molecule has 0 aromatic rings. The van der Waals surface area contributed by atoms with Crippen LogP contribution in [0.1, 0.15) is 38.5 Å². The van der Waals surface area contributed by atoms with Crippen LogP contribution in [0.15, 0.2) is 0 Å². The molecule has 1 N–H and O–H groups in total. The smallest absolute Gasteiger partial charge is 0.317 e. The molecule has 5 heteroatoms. The molecular formula is C15H30N2O3. The van der Waals surface area contributed by atoms with Gasteiger partial charge in [-0.05, 0) is 65.2 Å². The zero-order valence-corrected chi connectivity index (χ0v) is 13.0. The highest BCUT2D eigenvalue weighted by Gasteiger charge is 2.21. The lowest BCUT2D eigenvalue weighted by atomic mass is 10.1. The minimum atomic E-state index is -0.730. The largest absolute Gasteiger partial charge is 0.480 e. The number of nitrogens with zero attached hydrogens (tertiary/aromatic N) is 2. The summed E-state index contributed by atoms with van der Waals surface area (Å²) >= 11 is 0. The van der Waals surface area contributed by atoms with Crippen molar-refractivity contribution in [3.8, 4) is 0 Å².